The van der Waals surface area contributed by atoms with Crippen LogP contribution in [0.25, 0.3) is 0 Å². The molecule has 1 nitrogen and oxygen atoms in total. The van der Waals surface area contributed by atoms with Gasteiger partial charge < -0.3 is 4.90 Å². The van der Waals surface area contributed by atoms with Crippen molar-refractivity contribution in [1.29, 1.82) is 0 Å². The molecule has 0 bridgehead atoms. The zero-order valence-corrected chi connectivity index (χ0v) is 10.9. The predicted octanol–water partition coefficient (Wildman–Crippen LogP) is 3.40. The molecule has 0 fully saturated rings. The highest BCUT2D eigenvalue weighted by Crippen LogP contribution is 2.26. The van der Waals surface area contributed by atoms with E-state index in [1.54, 1.807) is 0 Å². The van der Waals surface area contributed by atoms with Crippen molar-refractivity contribution in [1.82, 2.24) is 0 Å². The van der Waals surface area contributed by atoms with Crippen LogP contribution in [0.2, 0.25) is 0 Å². The van der Waals surface area contributed by atoms with Gasteiger partial charge in [0.2, 0.25) is 0 Å². The molecule has 1 heterocycles. The summed E-state index contributed by atoms with van der Waals surface area (Å²) in [4.78, 5) is 2.54. The molecule has 0 saturated carbocycles. The predicted molar refractivity (Wildman–Crippen MR) is 74.6 cm³/mol. The van der Waals surface area contributed by atoms with Crippen molar-refractivity contribution in [3.05, 3.63) is 29.8 Å². The first-order valence-electron chi connectivity index (χ1n) is 6.25. The van der Waals surface area contributed by atoms with E-state index in [9.17, 15) is 0 Å². The molecule has 2 heteroatoms. The van der Waals surface area contributed by atoms with E-state index in [1.807, 2.05) is 0 Å². The Morgan fingerprint density at radius 2 is 2.12 bits per heavy atom. The summed E-state index contributed by atoms with van der Waals surface area (Å²) >= 11 is 4.39. The van der Waals surface area contributed by atoms with E-state index in [0.29, 0.717) is 5.92 Å². The molecule has 0 saturated heterocycles. The molecule has 2 rings (SSSR count). The first-order valence-corrected chi connectivity index (χ1v) is 6.88. The lowest BCUT2D eigenvalue weighted by molar-refractivity contribution is 0.609. The van der Waals surface area contributed by atoms with E-state index in [2.05, 4.69) is 48.7 Å². The van der Waals surface area contributed by atoms with Crippen LogP contribution in [0.5, 0.6) is 0 Å². The van der Waals surface area contributed by atoms with Crippen LogP contribution in [0.15, 0.2) is 24.3 Å². The number of aryl methyl sites for hydroxylation is 1. The fourth-order valence-electron chi connectivity index (χ4n) is 2.39. The summed E-state index contributed by atoms with van der Waals surface area (Å²) in [6.07, 6.45) is 3.87. The molecule has 0 aromatic heterocycles. The van der Waals surface area contributed by atoms with Gasteiger partial charge in [-0.1, -0.05) is 25.1 Å². The fourth-order valence-corrected chi connectivity index (χ4v) is 2.51. The molecule has 1 aliphatic rings. The molecule has 0 spiro atoms. The van der Waals surface area contributed by atoms with Gasteiger partial charge in [-0.2, -0.15) is 12.6 Å². The topological polar surface area (TPSA) is 3.24 Å². The van der Waals surface area contributed by atoms with Crippen molar-refractivity contribution in [3.8, 4) is 0 Å². The van der Waals surface area contributed by atoms with Gasteiger partial charge in [-0.25, -0.2) is 0 Å². The summed E-state index contributed by atoms with van der Waals surface area (Å²) in [5.74, 6) is 1.63. The van der Waals surface area contributed by atoms with Gasteiger partial charge in [0.1, 0.15) is 0 Å². The van der Waals surface area contributed by atoms with Crippen molar-refractivity contribution < 1.29 is 0 Å². The van der Waals surface area contributed by atoms with Crippen molar-refractivity contribution in [2.24, 2.45) is 5.92 Å². The molecule has 0 N–H and O–H groups in total. The third-order valence-corrected chi connectivity index (χ3v) is 3.92. The van der Waals surface area contributed by atoms with E-state index in [0.717, 1.165) is 12.3 Å². The summed E-state index contributed by atoms with van der Waals surface area (Å²) in [5.41, 5.74) is 2.97. The third-order valence-electron chi connectivity index (χ3n) is 3.30. The molecule has 88 valence electrons. The van der Waals surface area contributed by atoms with Crippen LogP contribution >= 0.6 is 12.6 Å². The second kappa shape index (κ2) is 5.62. The second-order valence-electron chi connectivity index (χ2n) is 4.82. The van der Waals surface area contributed by atoms with Crippen molar-refractivity contribution >= 4 is 18.3 Å². The molecule has 1 aromatic carbocycles. The number of benzene rings is 1. The van der Waals surface area contributed by atoms with E-state index < -0.39 is 0 Å². The SMILES string of the molecule is CC(CS)CN1CCCCc2ccccc21. The average molecular weight is 235 g/mol. The maximum absolute atomic E-state index is 4.39. The Morgan fingerprint density at radius 1 is 1.31 bits per heavy atom. The van der Waals surface area contributed by atoms with Crippen LogP contribution in [0, 0.1) is 5.92 Å². The Kier molecular flexibility index (Phi) is 4.16. The van der Waals surface area contributed by atoms with Gasteiger partial charge in [-0.15, -0.1) is 0 Å². The number of thiol groups is 1. The van der Waals surface area contributed by atoms with Crippen molar-refractivity contribution in [2.75, 3.05) is 23.7 Å². The van der Waals surface area contributed by atoms with Crippen LogP contribution in [-0.2, 0) is 6.42 Å². The lowest BCUT2D eigenvalue weighted by Crippen LogP contribution is -2.29. The zero-order valence-electron chi connectivity index (χ0n) is 10.0. The number of para-hydroxylation sites is 1. The fraction of sp³-hybridized carbons (Fsp3) is 0.571. The highest BCUT2D eigenvalue weighted by atomic mass is 32.1. The summed E-state index contributed by atoms with van der Waals surface area (Å²) in [6.45, 7) is 4.62. The Hall–Kier alpha value is -0.630. The maximum atomic E-state index is 4.39. The third kappa shape index (κ3) is 2.73. The number of fused-ring (bicyclic) bond motifs is 1. The molecule has 0 radical (unpaired) electrons. The van der Waals surface area contributed by atoms with Crippen LogP contribution in [0.3, 0.4) is 0 Å². The Bertz CT molecular complexity index is 337. The lowest BCUT2D eigenvalue weighted by Gasteiger charge is -2.27. The van der Waals surface area contributed by atoms with Gasteiger partial charge in [0, 0.05) is 18.8 Å². The number of hydrogen-bond acceptors (Lipinski definition) is 2. The molecule has 1 unspecified atom stereocenters. The van der Waals surface area contributed by atoms with Gasteiger partial charge >= 0.3 is 0 Å². The van der Waals surface area contributed by atoms with Gasteiger partial charge in [0.15, 0.2) is 0 Å². The Labute approximate surface area is 104 Å². The molecule has 0 aliphatic carbocycles. The van der Waals surface area contributed by atoms with Crippen LogP contribution < -0.4 is 4.90 Å². The van der Waals surface area contributed by atoms with Crippen molar-refractivity contribution in [2.45, 2.75) is 26.2 Å². The number of rotatable bonds is 3. The molecular weight excluding hydrogens is 214 g/mol. The largest absolute Gasteiger partial charge is 0.371 e. The van der Waals surface area contributed by atoms with Crippen LogP contribution in [-0.4, -0.2) is 18.8 Å². The normalized spacial score (nSPS) is 17.8. The Morgan fingerprint density at radius 3 is 2.94 bits per heavy atom. The molecule has 1 aromatic rings. The molecule has 0 amide bonds. The van der Waals surface area contributed by atoms with Crippen molar-refractivity contribution in [3.63, 3.8) is 0 Å². The highest BCUT2D eigenvalue weighted by Gasteiger charge is 2.16. The average Bonchev–Trinajstić information content (AvgIpc) is 2.52. The lowest BCUT2D eigenvalue weighted by atomic mass is 10.1. The summed E-state index contributed by atoms with van der Waals surface area (Å²) in [7, 11) is 0. The highest BCUT2D eigenvalue weighted by molar-refractivity contribution is 7.80. The molecule has 1 aliphatic heterocycles. The standard InChI is InChI=1S/C14H21NS/c1-12(11-16)10-15-9-5-4-7-13-6-2-3-8-14(13)15/h2-3,6,8,12,16H,4-5,7,9-11H2,1H3. The smallest absolute Gasteiger partial charge is 0.0398 e. The quantitative estimate of drug-likeness (QED) is 0.786. The molecule has 16 heavy (non-hydrogen) atoms. The van der Waals surface area contributed by atoms with Gasteiger partial charge in [-0.05, 0) is 42.6 Å². The summed E-state index contributed by atoms with van der Waals surface area (Å²) in [6, 6.07) is 8.86. The summed E-state index contributed by atoms with van der Waals surface area (Å²) < 4.78 is 0. The van der Waals surface area contributed by atoms with E-state index >= 15 is 0 Å². The Balaban J connectivity index is 2.19. The number of anilines is 1. The minimum absolute atomic E-state index is 0.662. The first-order chi connectivity index (χ1) is 7.81. The maximum Gasteiger partial charge on any atom is 0.0398 e. The molecule has 1 atom stereocenters. The van der Waals surface area contributed by atoms with E-state index in [1.165, 1.54) is 37.1 Å². The number of hydrogen-bond donors (Lipinski definition) is 1. The molecular formula is C14H21NS. The monoisotopic (exact) mass is 235 g/mol. The van der Waals surface area contributed by atoms with E-state index in [4.69, 9.17) is 0 Å². The van der Waals surface area contributed by atoms with Gasteiger partial charge in [0.05, 0.1) is 0 Å². The van der Waals surface area contributed by atoms with Gasteiger partial charge in [-0.3, -0.25) is 0 Å². The zero-order chi connectivity index (χ0) is 11.4. The van der Waals surface area contributed by atoms with Gasteiger partial charge in [0.25, 0.3) is 0 Å². The number of nitrogens with zero attached hydrogens (tertiary/aromatic N) is 1. The minimum Gasteiger partial charge on any atom is -0.371 e. The minimum atomic E-state index is 0.662. The van der Waals surface area contributed by atoms with E-state index in [-0.39, 0.29) is 0 Å². The second-order valence-corrected chi connectivity index (χ2v) is 5.18. The first kappa shape index (κ1) is 11.8. The summed E-state index contributed by atoms with van der Waals surface area (Å²) in [5, 5.41) is 0. The van der Waals surface area contributed by atoms with Crippen LogP contribution in [0.4, 0.5) is 5.69 Å². The van der Waals surface area contributed by atoms with Crippen LogP contribution in [0.1, 0.15) is 25.3 Å².